The first kappa shape index (κ1) is 24.5. The highest BCUT2D eigenvalue weighted by Gasteiger charge is 2.33. The van der Waals surface area contributed by atoms with Crippen LogP contribution in [-0.2, 0) is 28.5 Å². The highest BCUT2D eigenvalue weighted by molar-refractivity contribution is 5.82. The minimum atomic E-state index is -0.626. The SMILES string of the molecule is C#C[C@@H]1OC(=O)C[C@@H]2C/C(=C\C(=O)OC)C[C@H](C[C@@H]3CCC[C@H](C[C@@H](C)/C=C/[C@@H]1C)O3)O2. The molecule has 0 aliphatic carbocycles. The van der Waals surface area contributed by atoms with Gasteiger partial charge in [0.15, 0.2) is 6.10 Å². The molecule has 0 aromatic carbocycles. The molecule has 3 aliphatic rings. The lowest BCUT2D eigenvalue weighted by atomic mass is 9.89. The van der Waals surface area contributed by atoms with E-state index in [2.05, 4.69) is 18.9 Å². The predicted molar refractivity (Wildman–Crippen MR) is 121 cm³/mol. The molecule has 7 atom stereocenters. The summed E-state index contributed by atoms with van der Waals surface area (Å²) in [5, 5.41) is 0. The van der Waals surface area contributed by atoms with Gasteiger partial charge in [0.2, 0.25) is 0 Å². The Morgan fingerprint density at radius 3 is 2.47 bits per heavy atom. The molecule has 4 bridgehead atoms. The van der Waals surface area contributed by atoms with Gasteiger partial charge in [-0.2, -0.15) is 0 Å². The van der Waals surface area contributed by atoms with Gasteiger partial charge in [-0.1, -0.05) is 37.5 Å². The maximum atomic E-state index is 12.7. The molecule has 2 saturated heterocycles. The van der Waals surface area contributed by atoms with Gasteiger partial charge in [0.05, 0.1) is 37.9 Å². The summed E-state index contributed by atoms with van der Waals surface area (Å²) in [6.07, 6.45) is 16.7. The summed E-state index contributed by atoms with van der Waals surface area (Å²) in [7, 11) is 1.36. The summed E-state index contributed by atoms with van der Waals surface area (Å²) in [6.45, 7) is 4.14. The lowest BCUT2D eigenvalue weighted by Crippen LogP contribution is -2.37. The van der Waals surface area contributed by atoms with Crippen molar-refractivity contribution in [2.24, 2.45) is 11.8 Å². The summed E-state index contributed by atoms with van der Waals surface area (Å²) >= 11 is 0. The molecule has 32 heavy (non-hydrogen) atoms. The Morgan fingerprint density at radius 2 is 1.75 bits per heavy atom. The average molecular weight is 445 g/mol. The van der Waals surface area contributed by atoms with Crippen molar-refractivity contribution in [3.8, 4) is 12.3 Å². The van der Waals surface area contributed by atoms with Crippen molar-refractivity contribution in [2.75, 3.05) is 7.11 Å². The fourth-order valence-electron chi connectivity index (χ4n) is 4.89. The molecule has 2 fully saturated rings. The first-order chi connectivity index (χ1) is 15.4. The summed E-state index contributed by atoms with van der Waals surface area (Å²) in [4.78, 5) is 24.5. The summed E-state index contributed by atoms with van der Waals surface area (Å²) in [6, 6.07) is 0. The third kappa shape index (κ3) is 7.21. The van der Waals surface area contributed by atoms with Crippen molar-refractivity contribution in [2.45, 2.75) is 95.7 Å². The van der Waals surface area contributed by atoms with E-state index in [4.69, 9.17) is 25.4 Å². The third-order valence-corrected chi connectivity index (χ3v) is 6.52. The molecular formula is C26H36O6. The Morgan fingerprint density at radius 1 is 1.06 bits per heavy atom. The van der Waals surface area contributed by atoms with Gasteiger partial charge in [-0.25, -0.2) is 4.79 Å². The monoisotopic (exact) mass is 444 g/mol. The van der Waals surface area contributed by atoms with E-state index in [1.54, 1.807) is 0 Å². The zero-order chi connectivity index (χ0) is 23.1. The number of fused-ring (bicyclic) bond motifs is 4. The standard InChI is InChI=1S/C26H36O6/c1-5-24-18(3)10-9-17(2)11-20-7-6-8-21(30-20)15-22-12-19(14-25(27)29-4)13-23(31-22)16-26(28)32-24/h1,9-10,14,17-18,20-24H,6-8,11-13,15-16H2,2-4H3/b10-9+,19-14-/t17-,18-,20+,21-,22+,23-,24-/m0/s1. The van der Waals surface area contributed by atoms with E-state index in [0.29, 0.717) is 18.8 Å². The zero-order valence-corrected chi connectivity index (χ0v) is 19.5. The van der Waals surface area contributed by atoms with Crippen LogP contribution in [0.5, 0.6) is 0 Å². The number of hydrogen-bond donors (Lipinski definition) is 0. The fraction of sp³-hybridized carbons (Fsp3) is 0.692. The second-order valence-electron chi connectivity index (χ2n) is 9.40. The van der Waals surface area contributed by atoms with Gasteiger partial charge >= 0.3 is 11.9 Å². The van der Waals surface area contributed by atoms with E-state index in [0.717, 1.165) is 37.7 Å². The number of rotatable bonds is 1. The van der Waals surface area contributed by atoms with Crippen LogP contribution in [0.1, 0.15) is 65.2 Å². The molecule has 0 N–H and O–H groups in total. The first-order valence-corrected chi connectivity index (χ1v) is 11.8. The van der Waals surface area contributed by atoms with Gasteiger partial charge in [0.25, 0.3) is 0 Å². The molecule has 3 rings (SSSR count). The number of terminal acetylenes is 1. The van der Waals surface area contributed by atoms with E-state index in [-0.39, 0.29) is 48.7 Å². The quantitative estimate of drug-likeness (QED) is 0.262. The minimum absolute atomic E-state index is 0.0888. The van der Waals surface area contributed by atoms with Gasteiger partial charge in [0.1, 0.15) is 0 Å². The number of ether oxygens (including phenoxy) is 4. The maximum absolute atomic E-state index is 12.7. The molecule has 0 unspecified atom stereocenters. The van der Waals surface area contributed by atoms with Gasteiger partial charge in [0, 0.05) is 18.4 Å². The molecule has 6 heteroatoms. The summed E-state index contributed by atoms with van der Waals surface area (Å²) in [5.74, 6) is 2.08. The number of esters is 2. The highest BCUT2D eigenvalue weighted by Crippen LogP contribution is 2.33. The number of carbonyl (C=O) groups is 2. The second kappa shape index (κ2) is 11.7. The summed E-state index contributed by atoms with van der Waals surface area (Å²) in [5.41, 5.74) is 0.929. The fourth-order valence-corrected chi connectivity index (χ4v) is 4.89. The van der Waals surface area contributed by atoms with Crippen LogP contribution in [0.4, 0.5) is 0 Å². The van der Waals surface area contributed by atoms with E-state index >= 15 is 0 Å². The third-order valence-electron chi connectivity index (χ3n) is 6.52. The molecule has 0 saturated carbocycles. The molecule has 0 aromatic heterocycles. The molecule has 0 radical (unpaired) electrons. The van der Waals surface area contributed by atoms with Crippen molar-refractivity contribution < 1.29 is 28.5 Å². The normalized spacial score (nSPS) is 38.9. The largest absolute Gasteiger partial charge is 0.466 e. The Balaban J connectivity index is 1.82. The topological polar surface area (TPSA) is 71.1 Å². The van der Waals surface area contributed by atoms with Crippen molar-refractivity contribution in [1.29, 1.82) is 0 Å². The van der Waals surface area contributed by atoms with Crippen LogP contribution in [0.15, 0.2) is 23.8 Å². The average Bonchev–Trinajstić information content (AvgIpc) is 2.75. The smallest absolute Gasteiger partial charge is 0.330 e. The van der Waals surface area contributed by atoms with Crippen LogP contribution in [-0.4, -0.2) is 49.6 Å². The van der Waals surface area contributed by atoms with Crippen molar-refractivity contribution in [3.05, 3.63) is 23.8 Å². The zero-order valence-electron chi connectivity index (χ0n) is 19.5. The lowest BCUT2D eigenvalue weighted by Gasteiger charge is -2.37. The number of methoxy groups -OCH3 is 1. The molecule has 3 aliphatic heterocycles. The van der Waals surface area contributed by atoms with Gasteiger partial charge in [-0.05, 0) is 44.4 Å². The van der Waals surface area contributed by atoms with Gasteiger partial charge < -0.3 is 18.9 Å². The number of cyclic esters (lactones) is 1. The van der Waals surface area contributed by atoms with Crippen LogP contribution in [0.2, 0.25) is 0 Å². The molecule has 0 spiro atoms. The molecule has 6 nitrogen and oxygen atoms in total. The minimum Gasteiger partial charge on any atom is -0.466 e. The molecular weight excluding hydrogens is 408 g/mol. The van der Waals surface area contributed by atoms with E-state index < -0.39 is 6.10 Å². The molecule has 3 heterocycles. The van der Waals surface area contributed by atoms with Crippen LogP contribution in [0.3, 0.4) is 0 Å². The number of allylic oxidation sites excluding steroid dienone is 1. The van der Waals surface area contributed by atoms with Crippen molar-refractivity contribution in [1.82, 2.24) is 0 Å². The van der Waals surface area contributed by atoms with Crippen LogP contribution in [0, 0.1) is 24.2 Å². The lowest BCUT2D eigenvalue weighted by molar-refractivity contribution is -0.154. The maximum Gasteiger partial charge on any atom is 0.330 e. The summed E-state index contributed by atoms with van der Waals surface area (Å²) < 4.78 is 23.1. The Labute approximate surface area is 191 Å². The van der Waals surface area contributed by atoms with Crippen LogP contribution >= 0.6 is 0 Å². The van der Waals surface area contributed by atoms with E-state index in [1.807, 2.05) is 13.0 Å². The van der Waals surface area contributed by atoms with E-state index in [1.165, 1.54) is 13.2 Å². The molecule has 0 amide bonds. The predicted octanol–water partition coefficient (Wildman–Crippen LogP) is 4.13. The number of hydrogen-bond acceptors (Lipinski definition) is 6. The first-order valence-electron chi connectivity index (χ1n) is 11.8. The van der Waals surface area contributed by atoms with Crippen LogP contribution in [0.25, 0.3) is 0 Å². The van der Waals surface area contributed by atoms with Gasteiger partial charge in [-0.15, -0.1) is 6.42 Å². The Kier molecular flexibility index (Phi) is 8.95. The van der Waals surface area contributed by atoms with E-state index in [9.17, 15) is 9.59 Å². The van der Waals surface area contributed by atoms with Crippen LogP contribution < -0.4 is 0 Å². The highest BCUT2D eigenvalue weighted by atomic mass is 16.6. The Bertz CT molecular complexity index is 763. The van der Waals surface area contributed by atoms with Gasteiger partial charge in [-0.3, -0.25) is 4.79 Å². The second-order valence-corrected chi connectivity index (χ2v) is 9.40. The Hall–Kier alpha value is -2.10. The molecule has 0 aromatic rings. The molecule has 176 valence electrons. The van der Waals surface area contributed by atoms with Crippen molar-refractivity contribution in [3.63, 3.8) is 0 Å². The number of carbonyl (C=O) groups excluding carboxylic acids is 2. The van der Waals surface area contributed by atoms with Crippen molar-refractivity contribution >= 4 is 11.9 Å².